The number of rotatable bonds is 5. The number of aryl methyl sites for hydroxylation is 1. The van der Waals surface area contributed by atoms with Crippen LogP contribution in [0.15, 0.2) is 72.9 Å². The summed E-state index contributed by atoms with van der Waals surface area (Å²) in [5.41, 5.74) is 3.64. The number of benzene rings is 2. The van der Waals surface area contributed by atoms with E-state index in [1.807, 2.05) is 55.5 Å². The number of amides is 1. The molecule has 1 N–H and O–H groups in total. The molecule has 1 heterocycles. The lowest BCUT2D eigenvalue weighted by Crippen LogP contribution is -2.13. The molecule has 0 radical (unpaired) electrons. The summed E-state index contributed by atoms with van der Waals surface area (Å²) < 4.78 is 6.10. The molecule has 1 aromatic heterocycles. The third-order valence-corrected chi connectivity index (χ3v) is 4.40. The van der Waals surface area contributed by atoms with Crippen LogP contribution < -0.4 is 10.1 Å². The normalized spacial score (nSPS) is 11.4. The topological polar surface area (TPSA) is 51.2 Å². The van der Waals surface area contributed by atoms with Gasteiger partial charge in [0.25, 0.3) is 0 Å². The molecule has 0 spiro atoms. The summed E-state index contributed by atoms with van der Waals surface area (Å²) in [5.74, 6) is 0.847. The number of para-hydroxylation sites is 1. The van der Waals surface area contributed by atoms with Crippen LogP contribution >= 0.6 is 0 Å². The van der Waals surface area contributed by atoms with Gasteiger partial charge in [0.2, 0.25) is 11.8 Å². The van der Waals surface area contributed by atoms with E-state index in [1.54, 1.807) is 24.4 Å². The number of hydrogen-bond donors (Lipinski definition) is 1. The van der Waals surface area contributed by atoms with E-state index in [4.69, 9.17) is 4.74 Å². The van der Waals surface area contributed by atoms with Crippen molar-refractivity contribution in [1.29, 1.82) is 0 Å². The second kappa shape index (κ2) is 8.74. The van der Waals surface area contributed by atoms with Crippen LogP contribution in [0.25, 0.3) is 6.08 Å². The number of carbonyl (C=O) groups is 1. The number of anilines is 1. The number of nitrogens with zero attached hydrogens (tertiary/aromatic N) is 1. The van der Waals surface area contributed by atoms with Gasteiger partial charge in [-0.2, -0.15) is 0 Å². The molecule has 0 aliphatic rings. The average Bonchev–Trinajstić information content (AvgIpc) is 2.68. The van der Waals surface area contributed by atoms with Crippen LogP contribution in [-0.4, -0.2) is 10.9 Å². The Bertz CT molecular complexity index is 1030. The maximum absolute atomic E-state index is 12.4. The van der Waals surface area contributed by atoms with Crippen LogP contribution in [0.2, 0.25) is 0 Å². The van der Waals surface area contributed by atoms with Gasteiger partial charge < -0.3 is 10.1 Å². The van der Waals surface area contributed by atoms with E-state index >= 15 is 0 Å². The van der Waals surface area contributed by atoms with E-state index in [-0.39, 0.29) is 11.3 Å². The number of carbonyl (C=O) groups excluding carboxylic acids is 1. The van der Waals surface area contributed by atoms with Gasteiger partial charge in [-0.05, 0) is 42.2 Å². The first kappa shape index (κ1) is 20.3. The van der Waals surface area contributed by atoms with Crippen LogP contribution in [0.1, 0.15) is 37.5 Å². The molecule has 4 heteroatoms. The van der Waals surface area contributed by atoms with E-state index in [9.17, 15) is 4.79 Å². The van der Waals surface area contributed by atoms with Crippen molar-refractivity contribution in [2.45, 2.75) is 33.1 Å². The van der Waals surface area contributed by atoms with Crippen LogP contribution in [-0.2, 0) is 10.2 Å². The molecule has 0 unspecified atom stereocenters. The van der Waals surface area contributed by atoms with Crippen molar-refractivity contribution in [2.75, 3.05) is 5.32 Å². The largest absolute Gasteiger partial charge is 0.437 e. The van der Waals surface area contributed by atoms with Gasteiger partial charge in [0.1, 0.15) is 11.4 Å². The van der Waals surface area contributed by atoms with Crippen molar-refractivity contribution in [3.8, 4) is 11.6 Å². The first-order chi connectivity index (χ1) is 13.8. The highest BCUT2D eigenvalue weighted by atomic mass is 16.5. The van der Waals surface area contributed by atoms with E-state index in [0.717, 1.165) is 22.4 Å². The molecule has 1 amide bonds. The van der Waals surface area contributed by atoms with E-state index < -0.39 is 0 Å². The monoisotopic (exact) mass is 386 g/mol. The highest BCUT2D eigenvalue weighted by Gasteiger charge is 2.20. The first-order valence-electron chi connectivity index (χ1n) is 9.61. The number of pyridine rings is 1. The van der Waals surface area contributed by atoms with Crippen molar-refractivity contribution in [2.24, 2.45) is 0 Å². The third kappa shape index (κ3) is 5.55. The molecule has 0 aliphatic carbocycles. The Kier molecular flexibility index (Phi) is 6.13. The second-order valence-electron chi connectivity index (χ2n) is 7.94. The molecule has 29 heavy (non-hydrogen) atoms. The lowest BCUT2D eigenvalue weighted by Gasteiger charge is -2.22. The molecule has 0 aliphatic heterocycles. The van der Waals surface area contributed by atoms with Gasteiger partial charge in [-0.25, -0.2) is 4.98 Å². The Morgan fingerprint density at radius 1 is 1.03 bits per heavy atom. The molecule has 0 saturated heterocycles. The number of hydrogen-bond acceptors (Lipinski definition) is 3. The van der Waals surface area contributed by atoms with Crippen molar-refractivity contribution in [1.82, 2.24) is 4.98 Å². The van der Waals surface area contributed by atoms with Crippen molar-refractivity contribution in [3.05, 3.63) is 89.6 Å². The van der Waals surface area contributed by atoms with Gasteiger partial charge in [0, 0.05) is 17.8 Å². The predicted molar refractivity (Wildman–Crippen MR) is 118 cm³/mol. The predicted octanol–water partition coefficient (Wildman–Crippen LogP) is 6.13. The molecular formula is C25H26N2O2. The highest BCUT2D eigenvalue weighted by molar-refractivity contribution is 6.02. The lowest BCUT2D eigenvalue weighted by molar-refractivity contribution is -0.111. The summed E-state index contributed by atoms with van der Waals surface area (Å²) in [6.45, 7) is 8.41. The lowest BCUT2D eigenvalue weighted by atomic mass is 9.86. The van der Waals surface area contributed by atoms with Gasteiger partial charge in [-0.15, -0.1) is 0 Å². The van der Waals surface area contributed by atoms with Crippen molar-refractivity contribution < 1.29 is 9.53 Å². The minimum absolute atomic E-state index is 0.0780. The fourth-order valence-electron chi connectivity index (χ4n) is 2.97. The fraction of sp³-hybridized carbons (Fsp3) is 0.200. The molecule has 0 atom stereocenters. The maximum atomic E-state index is 12.4. The van der Waals surface area contributed by atoms with Crippen LogP contribution in [0.4, 0.5) is 5.69 Å². The minimum atomic E-state index is -0.242. The van der Waals surface area contributed by atoms with Crippen LogP contribution in [0.5, 0.6) is 11.6 Å². The summed E-state index contributed by atoms with van der Waals surface area (Å²) in [7, 11) is 0. The van der Waals surface area contributed by atoms with E-state index in [1.165, 1.54) is 6.08 Å². The number of aromatic nitrogens is 1. The van der Waals surface area contributed by atoms with E-state index in [0.29, 0.717) is 11.6 Å². The standard InChI is InChI=1S/C25H26N2O2/c1-18-9-7-10-19(17-18)14-15-23(28)27-21-12-8-16-26-24(21)29-22-13-6-5-11-20(22)25(2,3)4/h5-17H,1-4H3,(H,27,28). The van der Waals surface area contributed by atoms with Crippen molar-refractivity contribution >= 4 is 17.7 Å². The molecule has 2 aromatic carbocycles. The SMILES string of the molecule is Cc1cccc(C=CC(=O)Nc2cccnc2Oc2ccccc2C(C)(C)C)c1. The molecule has 0 fully saturated rings. The zero-order chi connectivity index (χ0) is 20.9. The molecule has 4 nitrogen and oxygen atoms in total. The minimum Gasteiger partial charge on any atom is -0.437 e. The quantitative estimate of drug-likeness (QED) is 0.537. The van der Waals surface area contributed by atoms with Crippen LogP contribution in [0.3, 0.4) is 0 Å². The molecule has 148 valence electrons. The van der Waals surface area contributed by atoms with Gasteiger partial charge in [0.15, 0.2) is 0 Å². The van der Waals surface area contributed by atoms with Gasteiger partial charge in [-0.3, -0.25) is 4.79 Å². The third-order valence-electron chi connectivity index (χ3n) is 4.40. The Morgan fingerprint density at radius 3 is 2.59 bits per heavy atom. The summed E-state index contributed by atoms with van der Waals surface area (Å²) in [4.78, 5) is 16.7. The fourth-order valence-corrected chi connectivity index (χ4v) is 2.97. The molecular weight excluding hydrogens is 360 g/mol. The Labute approximate surface area is 172 Å². The number of ether oxygens (including phenoxy) is 1. The zero-order valence-corrected chi connectivity index (χ0v) is 17.3. The van der Waals surface area contributed by atoms with Gasteiger partial charge in [0.05, 0.1) is 0 Å². The smallest absolute Gasteiger partial charge is 0.248 e. The Morgan fingerprint density at radius 2 is 1.83 bits per heavy atom. The zero-order valence-electron chi connectivity index (χ0n) is 17.3. The Balaban J connectivity index is 1.79. The highest BCUT2D eigenvalue weighted by Crippen LogP contribution is 2.35. The molecule has 0 saturated carbocycles. The number of nitrogens with one attached hydrogen (secondary N) is 1. The van der Waals surface area contributed by atoms with E-state index in [2.05, 4.69) is 31.1 Å². The Hall–Kier alpha value is -3.40. The molecule has 3 aromatic rings. The summed E-state index contributed by atoms with van der Waals surface area (Å²) in [6.07, 6.45) is 4.94. The summed E-state index contributed by atoms with van der Waals surface area (Å²) >= 11 is 0. The summed E-state index contributed by atoms with van der Waals surface area (Å²) in [5, 5.41) is 2.86. The average molecular weight is 386 g/mol. The van der Waals surface area contributed by atoms with Crippen molar-refractivity contribution in [3.63, 3.8) is 0 Å². The first-order valence-corrected chi connectivity index (χ1v) is 9.61. The van der Waals surface area contributed by atoms with Gasteiger partial charge in [-0.1, -0.05) is 68.8 Å². The second-order valence-corrected chi connectivity index (χ2v) is 7.94. The van der Waals surface area contributed by atoms with Gasteiger partial charge >= 0.3 is 0 Å². The molecule has 0 bridgehead atoms. The van der Waals surface area contributed by atoms with Crippen LogP contribution in [0, 0.1) is 6.92 Å². The maximum Gasteiger partial charge on any atom is 0.248 e. The molecule has 3 rings (SSSR count). The summed E-state index contributed by atoms with van der Waals surface area (Å²) in [6, 6.07) is 19.4.